The average Bonchev–Trinajstić information content (AvgIpc) is 3.58. The van der Waals surface area contributed by atoms with Gasteiger partial charge in [-0.15, -0.1) is 0 Å². The van der Waals surface area contributed by atoms with Gasteiger partial charge < -0.3 is 31.6 Å². The van der Waals surface area contributed by atoms with Crippen LogP contribution in [0.15, 0.2) is 35.6 Å². The molecule has 3 aromatic rings. The maximum atomic E-state index is 5.45. The smallest absolute Gasteiger partial charge is 0.226 e. The number of hydrogen-bond donors (Lipinski definition) is 4. The number of imidazole rings is 1. The highest BCUT2D eigenvalue weighted by Gasteiger charge is 2.22. The van der Waals surface area contributed by atoms with E-state index in [1.54, 1.807) is 0 Å². The van der Waals surface area contributed by atoms with E-state index in [0.717, 1.165) is 69.0 Å². The van der Waals surface area contributed by atoms with Crippen molar-refractivity contribution in [2.75, 3.05) is 56.4 Å². The van der Waals surface area contributed by atoms with Crippen molar-refractivity contribution in [3.63, 3.8) is 0 Å². The summed E-state index contributed by atoms with van der Waals surface area (Å²) in [6, 6.07) is 9.05. The second-order valence-electron chi connectivity index (χ2n) is 9.92. The molecule has 37 heavy (non-hydrogen) atoms. The van der Waals surface area contributed by atoms with Gasteiger partial charge in [-0.3, -0.25) is 9.89 Å². The number of likely N-dealkylation sites (N-methyl/N-ethyl adjacent to an activating group) is 1. The van der Waals surface area contributed by atoms with E-state index in [9.17, 15) is 0 Å². The van der Waals surface area contributed by atoms with E-state index < -0.39 is 0 Å². The summed E-state index contributed by atoms with van der Waals surface area (Å²) in [6.07, 6.45) is 6.70. The monoisotopic (exact) mass is 505 g/mol. The summed E-state index contributed by atoms with van der Waals surface area (Å²) in [6.45, 7) is 9.86. The third-order valence-electron chi connectivity index (χ3n) is 7.36. The third kappa shape index (κ3) is 6.28. The van der Waals surface area contributed by atoms with Gasteiger partial charge in [-0.05, 0) is 37.1 Å². The van der Waals surface area contributed by atoms with Gasteiger partial charge in [-0.1, -0.05) is 31.9 Å². The van der Waals surface area contributed by atoms with Gasteiger partial charge >= 0.3 is 0 Å². The molecule has 2 fully saturated rings. The minimum Gasteiger partial charge on any atom is -0.370 e. The Balaban J connectivity index is 1.32. The summed E-state index contributed by atoms with van der Waals surface area (Å²) in [4.78, 5) is 23.3. The number of benzene rings is 1. The molecule has 3 heterocycles. The van der Waals surface area contributed by atoms with Gasteiger partial charge in [0.25, 0.3) is 0 Å². The Morgan fingerprint density at radius 2 is 1.76 bits per heavy atom. The maximum Gasteiger partial charge on any atom is 0.226 e. The Morgan fingerprint density at radius 1 is 1.03 bits per heavy atom. The lowest BCUT2D eigenvalue weighted by molar-refractivity contribution is 0.132. The highest BCUT2D eigenvalue weighted by atomic mass is 15.3. The lowest BCUT2D eigenvalue weighted by Gasteiger charge is -2.34. The van der Waals surface area contributed by atoms with Crippen LogP contribution in [0.5, 0.6) is 0 Å². The predicted molar refractivity (Wildman–Crippen MR) is 149 cm³/mol. The minimum absolute atomic E-state index is 0.0755. The second-order valence-corrected chi connectivity index (χ2v) is 9.92. The number of piperazine rings is 1. The van der Waals surface area contributed by atoms with Crippen molar-refractivity contribution in [1.29, 1.82) is 0 Å². The first kappa shape index (κ1) is 25.2. The van der Waals surface area contributed by atoms with Gasteiger partial charge in [0.2, 0.25) is 5.95 Å². The van der Waals surface area contributed by atoms with Crippen LogP contribution in [0.2, 0.25) is 0 Å². The summed E-state index contributed by atoms with van der Waals surface area (Å²) >= 11 is 0. The van der Waals surface area contributed by atoms with Crippen LogP contribution in [0, 0.1) is 0 Å². The number of fused-ring (bicyclic) bond motifs is 1. The first-order valence-electron chi connectivity index (χ1n) is 13.4. The van der Waals surface area contributed by atoms with E-state index in [2.05, 4.69) is 61.2 Å². The van der Waals surface area contributed by atoms with Gasteiger partial charge in [0.1, 0.15) is 0 Å². The van der Waals surface area contributed by atoms with Crippen molar-refractivity contribution >= 4 is 34.6 Å². The predicted octanol–water partition coefficient (Wildman–Crippen LogP) is 2.51. The van der Waals surface area contributed by atoms with Gasteiger partial charge in [0, 0.05) is 51.0 Å². The Labute approximate surface area is 218 Å². The molecule has 0 radical (unpaired) electrons. The highest BCUT2D eigenvalue weighted by molar-refractivity contribution is 5.86. The first-order valence-corrected chi connectivity index (χ1v) is 13.4. The van der Waals surface area contributed by atoms with E-state index in [0.29, 0.717) is 30.9 Å². The van der Waals surface area contributed by atoms with Gasteiger partial charge in [0.05, 0.1) is 12.9 Å². The molecule has 1 saturated heterocycles. The number of aromatic nitrogens is 4. The quantitative estimate of drug-likeness (QED) is 0.186. The molecule has 1 aliphatic heterocycles. The molecule has 0 unspecified atom stereocenters. The number of nitrogens with zero attached hydrogens (tertiary/aromatic N) is 7. The number of guanidine groups is 1. The molecule has 0 atom stereocenters. The van der Waals surface area contributed by atoms with E-state index in [-0.39, 0.29) is 5.96 Å². The number of nitrogens with two attached hydrogens (primary N) is 2. The maximum absolute atomic E-state index is 5.45. The van der Waals surface area contributed by atoms with Crippen LogP contribution in [0.25, 0.3) is 11.2 Å². The Hall–Kier alpha value is -3.44. The van der Waals surface area contributed by atoms with Crippen molar-refractivity contribution in [3.05, 3.63) is 36.2 Å². The van der Waals surface area contributed by atoms with Crippen LogP contribution < -0.4 is 22.1 Å². The molecule has 198 valence electrons. The molecule has 5 rings (SSSR count). The number of hydrogen-bond acceptors (Lipinski definition) is 8. The number of rotatable bonds is 10. The van der Waals surface area contributed by atoms with E-state index in [4.69, 9.17) is 26.4 Å². The molecule has 2 aliphatic rings. The molecule has 11 heteroatoms. The van der Waals surface area contributed by atoms with E-state index in [1.165, 1.54) is 18.4 Å². The van der Waals surface area contributed by atoms with Crippen LogP contribution in [-0.4, -0.2) is 81.1 Å². The molecular formula is C26H39N11. The molecule has 0 bridgehead atoms. The van der Waals surface area contributed by atoms with Gasteiger partial charge in [-0.2, -0.15) is 9.97 Å². The Morgan fingerprint density at radius 3 is 2.46 bits per heavy atom. The summed E-state index contributed by atoms with van der Waals surface area (Å²) in [5, 5.41) is 6.75. The fourth-order valence-corrected chi connectivity index (χ4v) is 5.24. The van der Waals surface area contributed by atoms with Crippen LogP contribution in [-0.2, 0) is 6.54 Å². The highest BCUT2D eigenvalue weighted by Crippen LogP contribution is 2.33. The summed E-state index contributed by atoms with van der Waals surface area (Å²) in [5.74, 6) is 1.30. The lowest BCUT2D eigenvalue weighted by atomic mass is 10.1. The van der Waals surface area contributed by atoms with Crippen LogP contribution >= 0.6 is 0 Å². The fraction of sp³-hybridized carbons (Fsp3) is 0.538. The molecular weight excluding hydrogens is 466 g/mol. The van der Waals surface area contributed by atoms with Crippen LogP contribution in [0.4, 0.5) is 17.5 Å². The third-order valence-corrected chi connectivity index (χ3v) is 7.36. The molecule has 11 nitrogen and oxygen atoms in total. The fourth-order valence-electron chi connectivity index (χ4n) is 5.24. The van der Waals surface area contributed by atoms with E-state index in [1.807, 2.05) is 6.33 Å². The number of aliphatic imine (C=N–C) groups is 1. The molecule has 1 saturated carbocycles. The normalized spacial score (nSPS) is 17.3. The largest absolute Gasteiger partial charge is 0.370 e. The van der Waals surface area contributed by atoms with E-state index >= 15 is 0 Å². The van der Waals surface area contributed by atoms with Crippen molar-refractivity contribution in [1.82, 2.24) is 29.3 Å². The molecule has 2 aromatic heterocycles. The average molecular weight is 506 g/mol. The molecule has 1 aliphatic carbocycles. The topological polar surface area (TPSA) is 139 Å². The standard InChI is InChI=1S/C26H39N11/c1-2-35-13-15-36(16-14-35)17-19-7-9-20(10-8-19)32-23-22-24(37(18-31-22)21-5-3-4-6-21)34-26(33-23)30-12-11-29-25(27)28/h7-10,18,21H,2-6,11-17H2,1H3,(H4,27,28,29)(H2,30,32,33,34). The van der Waals surface area contributed by atoms with Crippen molar-refractivity contribution in [3.8, 4) is 0 Å². The molecule has 6 N–H and O–H groups in total. The van der Waals surface area contributed by atoms with Gasteiger partial charge in [0.15, 0.2) is 22.9 Å². The Bertz CT molecular complexity index is 1190. The minimum atomic E-state index is 0.0755. The summed E-state index contributed by atoms with van der Waals surface area (Å²) < 4.78 is 2.21. The Kier molecular flexibility index (Phi) is 8.00. The number of anilines is 3. The van der Waals surface area contributed by atoms with Crippen LogP contribution in [0.3, 0.4) is 0 Å². The van der Waals surface area contributed by atoms with Crippen LogP contribution in [0.1, 0.15) is 44.2 Å². The summed E-state index contributed by atoms with van der Waals surface area (Å²) in [7, 11) is 0. The van der Waals surface area contributed by atoms with Crippen molar-refractivity contribution < 1.29 is 0 Å². The lowest BCUT2D eigenvalue weighted by Crippen LogP contribution is -2.45. The zero-order valence-corrected chi connectivity index (χ0v) is 21.7. The zero-order valence-electron chi connectivity index (χ0n) is 21.7. The van der Waals surface area contributed by atoms with Crippen molar-refractivity contribution in [2.45, 2.75) is 45.2 Å². The molecule has 1 aromatic carbocycles. The summed E-state index contributed by atoms with van der Waals surface area (Å²) in [5.41, 5.74) is 14.8. The second kappa shape index (κ2) is 11.7. The zero-order chi connectivity index (χ0) is 25.6. The SMILES string of the molecule is CCN1CCN(Cc2ccc(Nc3nc(NCCN=C(N)N)nc4c3ncn4C3CCCC3)cc2)CC1. The number of nitrogens with one attached hydrogen (secondary N) is 2. The first-order chi connectivity index (χ1) is 18.1. The van der Waals surface area contributed by atoms with Gasteiger partial charge in [-0.25, -0.2) is 4.98 Å². The van der Waals surface area contributed by atoms with Crippen molar-refractivity contribution in [2.24, 2.45) is 16.5 Å². The molecule has 0 spiro atoms. The molecule has 0 amide bonds.